The molecule has 3 aromatic rings. The van der Waals surface area contributed by atoms with Gasteiger partial charge in [-0.25, -0.2) is 0 Å². The summed E-state index contributed by atoms with van der Waals surface area (Å²) in [6, 6.07) is 14.1. The van der Waals surface area contributed by atoms with E-state index in [1.54, 1.807) is 24.3 Å². The van der Waals surface area contributed by atoms with Gasteiger partial charge in [0.1, 0.15) is 0 Å². The molecule has 1 aliphatic heterocycles. The molecule has 1 aliphatic rings. The molecule has 0 unspecified atom stereocenters. The summed E-state index contributed by atoms with van der Waals surface area (Å²) in [6.45, 7) is 3.34. The van der Waals surface area contributed by atoms with Crippen molar-refractivity contribution in [1.29, 1.82) is 0 Å². The molecule has 33 heavy (non-hydrogen) atoms. The van der Waals surface area contributed by atoms with E-state index >= 15 is 0 Å². The number of hydrogen-bond acceptors (Lipinski definition) is 6. The molecule has 2 amide bonds. The summed E-state index contributed by atoms with van der Waals surface area (Å²) in [7, 11) is 3.95. The lowest BCUT2D eigenvalue weighted by Crippen LogP contribution is -2.47. The molecule has 8 nitrogen and oxygen atoms in total. The minimum absolute atomic E-state index is 0.124. The Kier molecular flexibility index (Phi) is 7.32. The molecule has 0 spiro atoms. The smallest absolute Gasteiger partial charge is 0.255 e. The predicted molar refractivity (Wildman–Crippen MR) is 131 cm³/mol. The number of amides is 2. The number of benzene rings is 2. The Morgan fingerprint density at radius 2 is 1.64 bits per heavy atom. The lowest BCUT2D eigenvalue weighted by atomic mass is 10.1. The number of piperazine rings is 1. The number of likely N-dealkylation sites (N-methyl/N-ethyl adjacent to an activating group) is 1. The number of nitrogens with zero attached hydrogens (tertiary/aromatic N) is 5. The van der Waals surface area contributed by atoms with Gasteiger partial charge >= 0.3 is 0 Å². The third kappa shape index (κ3) is 5.73. The van der Waals surface area contributed by atoms with Crippen molar-refractivity contribution >= 4 is 40.9 Å². The van der Waals surface area contributed by atoms with Crippen molar-refractivity contribution in [3.63, 3.8) is 0 Å². The topological polar surface area (TPSA) is 83.4 Å². The van der Waals surface area contributed by atoms with Crippen molar-refractivity contribution in [1.82, 2.24) is 24.6 Å². The number of nitrogens with one attached hydrogen (secondary N) is 1. The molecule has 4 rings (SSSR count). The zero-order chi connectivity index (χ0) is 23.4. The van der Waals surface area contributed by atoms with Gasteiger partial charge in [0.15, 0.2) is 11.0 Å². The second-order valence-electron chi connectivity index (χ2n) is 7.88. The molecule has 1 saturated heterocycles. The third-order valence-electron chi connectivity index (χ3n) is 5.52. The lowest BCUT2D eigenvalue weighted by molar-refractivity contribution is -0.129. The van der Waals surface area contributed by atoms with Crippen molar-refractivity contribution < 1.29 is 9.59 Å². The van der Waals surface area contributed by atoms with E-state index in [9.17, 15) is 9.59 Å². The van der Waals surface area contributed by atoms with E-state index in [0.29, 0.717) is 33.0 Å². The van der Waals surface area contributed by atoms with Crippen LogP contribution in [0.25, 0.3) is 11.4 Å². The first-order chi connectivity index (χ1) is 15.9. The summed E-state index contributed by atoms with van der Waals surface area (Å²) < 4.78 is 1.88. The Morgan fingerprint density at radius 1 is 0.970 bits per heavy atom. The zero-order valence-corrected chi connectivity index (χ0v) is 20.1. The van der Waals surface area contributed by atoms with Crippen molar-refractivity contribution in [2.24, 2.45) is 7.05 Å². The quantitative estimate of drug-likeness (QED) is 0.541. The molecule has 0 radical (unpaired) electrons. The molecule has 2 aromatic carbocycles. The van der Waals surface area contributed by atoms with Crippen LogP contribution in [-0.4, -0.2) is 75.4 Å². The number of thioether (sulfide) groups is 1. The first kappa shape index (κ1) is 23.3. The Morgan fingerprint density at radius 3 is 2.30 bits per heavy atom. The van der Waals surface area contributed by atoms with Crippen molar-refractivity contribution in [2.45, 2.75) is 5.16 Å². The van der Waals surface area contributed by atoms with Crippen LogP contribution in [0.5, 0.6) is 0 Å². The largest absolute Gasteiger partial charge is 0.339 e. The monoisotopic (exact) mass is 484 g/mol. The predicted octanol–water partition coefficient (Wildman–Crippen LogP) is 3.25. The summed E-state index contributed by atoms with van der Waals surface area (Å²) in [5.41, 5.74) is 2.07. The van der Waals surface area contributed by atoms with Crippen molar-refractivity contribution in [3.05, 3.63) is 59.1 Å². The van der Waals surface area contributed by atoms with Crippen LogP contribution in [0.15, 0.2) is 53.7 Å². The third-order valence-corrected chi connectivity index (χ3v) is 6.78. The second kappa shape index (κ2) is 10.4. The molecule has 1 N–H and O–H groups in total. The molecule has 1 fully saturated rings. The van der Waals surface area contributed by atoms with Gasteiger partial charge in [0, 0.05) is 55.1 Å². The first-order valence-corrected chi connectivity index (χ1v) is 11.9. The van der Waals surface area contributed by atoms with Gasteiger partial charge in [0.2, 0.25) is 5.91 Å². The number of carbonyl (C=O) groups is 2. The van der Waals surface area contributed by atoms with Crippen LogP contribution in [0.2, 0.25) is 5.02 Å². The van der Waals surface area contributed by atoms with Crippen LogP contribution in [-0.2, 0) is 11.8 Å². The molecule has 0 aliphatic carbocycles. The Balaban J connectivity index is 1.36. The van der Waals surface area contributed by atoms with Gasteiger partial charge in [0.05, 0.1) is 5.75 Å². The fourth-order valence-corrected chi connectivity index (χ4v) is 4.41. The molecule has 2 heterocycles. The number of halogens is 1. The Hall–Kier alpha value is -2.88. The van der Waals surface area contributed by atoms with E-state index in [1.807, 2.05) is 40.8 Å². The first-order valence-electron chi connectivity index (χ1n) is 10.6. The summed E-state index contributed by atoms with van der Waals surface area (Å²) >= 11 is 7.27. The van der Waals surface area contributed by atoms with E-state index < -0.39 is 0 Å². The highest BCUT2D eigenvalue weighted by Gasteiger charge is 2.20. The molecular weight excluding hydrogens is 460 g/mol. The maximum Gasteiger partial charge on any atom is 0.255 e. The van der Waals surface area contributed by atoms with Crippen LogP contribution < -0.4 is 5.32 Å². The van der Waals surface area contributed by atoms with Gasteiger partial charge in [-0.05, 0) is 55.6 Å². The van der Waals surface area contributed by atoms with E-state index in [-0.39, 0.29) is 11.8 Å². The molecular formula is C23H25ClN6O2S. The fraction of sp³-hybridized carbons (Fsp3) is 0.304. The molecule has 1 aromatic heterocycles. The lowest BCUT2D eigenvalue weighted by Gasteiger charge is -2.32. The van der Waals surface area contributed by atoms with Gasteiger partial charge in [-0.1, -0.05) is 23.4 Å². The molecule has 0 bridgehead atoms. The van der Waals surface area contributed by atoms with Gasteiger partial charge in [-0.2, -0.15) is 0 Å². The van der Waals surface area contributed by atoms with E-state index in [2.05, 4.69) is 27.5 Å². The minimum Gasteiger partial charge on any atom is -0.339 e. The number of carbonyl (C=O) groups excluding carboxylic acids is 2. The molecule has 0 saturated carbocycles. The van der Waals surface area contributed by atoms with Crippen LogP contribution in [0.1, 0.15) is 10.4 Å². The molecule has 10 heteroatoms. The average Bonchev–Trinajstić information content (AvgIpc) is 3.19. The second-order valence-corrected chi connectivity index (χ2v) is 9.26. The summed E-state index contributed by atoms with van der Waals surface area (Å²) in [5.74, 6) is 0.950. The zero-order valence-electron chi connectivity index (χ0n) is 18.5. The number of aromatic nitrogens is 3. The van der Waals surface area contributed by atoms with Crippen molar-refractivity contribution in [3.8, 4) is 11.4 Å². The van der Waals surface area contributed by atoms with Gasteiger partial charge in [-0.15, -0.1) is 10.2 Å². The SMILES string of the molecule is CN1CCN(C(=O)CSc2nnc(-c3ccc(NC(=O)c4ccc(Cl)cc4)cc3)n2C)CC1. The maximum absolute atomic E-state index is 12.5. The van der Waals surface area contributed by atoms with Gasteiger partial charge in [0.25, 0.3) is 5.91 Å². The highest BCUT2D eigenvalue weighted by atomic mass is 35.5. The summed E-state index contributed by atoms with van der Waals surface area (Å²) in [4.78, 5) is 29.0. The highest BCUT2D eigenvalue weighted by Crippen LogP contribution is 2.24. The number of hydrogen-bond donors (Lipinski definition) is 1. The van der Waals surface area contributed by atoms with Crippen LogP contribution in [0.4, 0.5) is 5.69 Å². The number of rotatable bonds is 6. The highest BCUT2D eigenvalue weighted by molar-refractivity contribution is 7.99. The Bertz CT molecular complexity index is 1120. The minimum atomic E-state index is -0.207. The maximum atomic E-state index is 12.5. The van der Waals surface area contributed by atoms with Gasteiger partial charge < -0.3 is 19.7 Å². The van der Waals surface area contributed by atoms with Crippen molar-refractivity contribution in [2.75, 3.05) is 44.3 Å². The standard InChI is InChI=1S/C23H25ClN6O2S/c1-28-11-13-30(14-12-28)20(31)15-33-23-27-26-21(29(23)2)16-5-9-19(10-6-16)25-22(32)17-3-7-18(24)8-4-17/h3-10H,11-15H2,1-2H3,(H,25,32). The van der Waals surface area contributed by atoms with Crippen LogP contribution in [0.3, 0.4) is 0 Å². The molecule has 0 atom stereocenters. The van der Waals surface area contributed by atoms with Gasteiger partial charge in [-0.3, -0.25) is 9.59 Å². The summed E-state index contributed by atoms with van der Waals surface area (Å²) in [6.07, 6.45) is 0. The van der Waals surface area contributed by atoms with Crippen LogP contribution in [0, 0.1) is 0 Å². The van der Waals surface area contributed by atoms with E-state index in [1.165, 1.54) is 11.8 Å². The van der Waals surface area contributed by atoms with E-state index in [0.717, 1.165) is 31.7 Å². The fourth-order valence-electron chi connectivity index (χ4n) is 3.47. The Labute approximate surface area is 201 Å². The number of anilines is 1. The normalized spacial score (nSPS) is 14.3. The average molecular weight is 485 g/mol. The van der Waals surface area contributed by atoms with E-state index in [4.69, 9.17) is 11.6 Å². The van der Waals surface area contributed by atoms with Crippen LogP contribution >= 0.6 is 23.4 Å². The molecule has 172 valence electrons. The summed E-state index contributed by atoms with van der Waals surface area (Å²) in [5, 5.41) is 12.7.